The Balaban J connectivity index is 1.72. The summed E-state index contributed by atoms with van der Waals surface area (Å²) in [6.45, 7) is 5.89. The molecule has 1 amide bonds. The minimum Gasteiger partial charge on any atom is -0.449 e. The van der Waals surface area contributed by atoms with E-state index in [-0.39, 0.29) is 24.2 Å². The van der Waals surface area contributed by atoms with Gasteiger partial charge in [0.25, 0.3) is 0 Å². The molecule has 1 atom stereocenters. The topological polar surface area (TPSA) is 55.4 Å². The zero-order chi connectivity index (χ0) is 18.7. The Morgan fingerprint density at radius 2 is 1.54 bits per heavy atom. The van der Waals surface area contributed by atoms with Crippen molar-refractivity contribution in [1.82, 2.24) is 5.32 Å². The number of carbonyl (C=O) groups is 2. The first-order chi connectivity index (χ1) is 12.5. The maximum absolute atomic E-state index is 12.3. The maximum Gasteiger partial charge on any atom is 0.407 e. The van der Waals surface area contributed by atoms with E-state index >= 15 is 0 Å². The van der Waals surface area contributed by atoms with Gasteiger partial charge in [0.1, 0.15) is 6.61 Å². The second-order valence-electron chi connectivity index (χ2n) is 7.01. The number of ether oxygens (including phenoxy) is 1. The van der Waals surface area contributed by atoms with Gasteiger partial charge in [-0.2, -0.15) is 0 Å². The minimum atomic E-state index is -0.535. The second kappa shape index (κ2) is 7.73. The van der Waals surface area contributed by atoms with Crippen molar-refractivity contribution in [2.75, 3.05) is 6.61 Å². The third-order valence-corrected chi connectivity index (χ3v) is 4.98. The third-order valence-electron chi connectivity index (χ3n) is 4.98. The highest BCUT2D eigenvalue weighted by Gasteiger charge is 2.30. The summed E-state index contributed by atoms with van der Waals surface area (Å²) >= 11 is 0. The predicted octanol–water partition coefficient (Wildman–Crippen LogP) is 4.53. The van der Waals surface area contributed by atoms with Gasteiger partial charge in [-0.15, -0.1) is 0 Å². The van der Waals surface area contributed by atoms with Crippen LogP contribution in [0.15, 0.2) is 48.5 Å². The maximum atomic E-state index is 12.3. The number of alkyl carbamates (subject to hydrolysis) is 1. The van der Waals surface area contributed by atoms with Crippen LogP contribution in [0.1, 0.15) is 44.2 Å². The summed E-state index contributed by atoms with van der Waals surface area (Å²) in [5.41, 5.74) is 4.73. The first-order valence-corrected chi connectivity index (χ1v) is 9.17. The van der Waals surface area contributed by atoms with Crippen molar-refractivity contribution >= 4 is 11.9 Å². The summed E-state index contributed by atoms with van der Waals surface area (Å²) in [5, 5.41) is 2.73. The molecule has 0 bridgehead atoms. The number of rotatable bonds is 6. The molecule has 0 aromatic heterocycles. The van der Waals surface area contributed by atoms with Crippen LogP contribution < -0.4 is 5.32 Å². The van der Waals surface area contributed by atoms with E-state index in [1.807, 2.05) is 38.1 Å². The standard InChI is InChI=1S/C22H25NO3/c1-4-20(24)21(14(2)3)23-22(25)26-13-19-17-11-7-5-9-15(17)16-10-6-8-12-18(16)19/h5-12,14,19,21H,4,13H2,1-3H3,(H,23,25)/t21-/m0/s1. The summed E-state index contributed by atoms with van der Waals surface area (Å²) in [4.78, 5) is 24.3. The van der Waals surface area contributed by atoms with Gasteiger partial charge in [0, 0.05) is 12.3 Å². The molecule has 0 fully saturated rings. The minimum absolute atomic E-state index is 0.0209. The first-order valence-electron chi connectivity index (χ1n) is 9.17. The van der Waals surface area contributed by atoms with Gasteiger partial charge in [-0.25, -0.2) is 4.79 Å². The first kappa shape index (κ1) is 18.2. The Kier molecular flexibility index (Phi) is 5.40. The normalized spacial score (nSPS) is 13.8. The fourth-order valence-corrected chi connectivity index (χ4v) is 3.61. The van der Waals surface area contributed by atoms with Crippen LogP contribution in [0.4, 0.5) is 4.79 Å². The van der Waals surface area contributed by atoms with Crippen molar-refractivity contribution in [3.05, 3.63) is 59.7 Å². The molecular formula is C22H25NO3. The van der Waals surface area contributed by atoms with Crippen molar-refractivity contribution in [1.29, 1.82) is 0 Å². The number of carbonyl (C=O) groups excluding carboxylic acids is 2. The molecule has 0 radical (unpaired) electrons. The number of hydrogen-bond donors (Lipinski definition) is 1. The zero-order valence-electron chi connectivity index (χ0n) is 15.5. The Bertz CT molecular complexity index is 767. The molecule has 4 heteroatoms. The van der Waals surface area contributed by atoms with Gasteiger partial charge < -0.3 is 10.1 Å². The van der Waals surface area contributed by atoms with Gasteiger partial charge in [-0.05, 0) is 28.2 Å². The van der Waals surface area contributed by atoms with Crippen LogP contribution in [-0.4, -0.2) is 24.5 Å². The van der Waals surface area contributed by atoms with Gasteiger partial charge in [-0.3, -0.25) is 4.79 Å². The van der Waals surface area contributed by atoms with E-state index in [1.54, 1.807) is 6.92 Å². The average molecular weight is 351 g/mol. The van der Waals surface area contributed by atoms with Gasteiger partial charge >= 0.3 is 6.09 Å². The van der Waals surface area contributed by atoms with Crippen molar-refractivity contribution in [2.45, 2.75) is 39.2 Å². The average Bonchev–Trinajstić information content (AvgIpc) is 2.97. The van der Waals surface area contributed by atoms with Gasteiger partial charge in [0.15, 0.2) is 5.78 Å². The van der Waals surface area contributed by atoms with E-state index in [1.165, 1.54) is 22.3 Å². The molecule has 1 aliphatic carbocycles. The largest absolute Gasteiger partial charge is 0.449 e. The van der Waals surface area contributed by atoms with E-state index in [0.717, 1.165) is 0 Å². The molecule has 1 aliphatic rings. The van der Waals surface area contributed by atoms with Crippen LogP contribution >= 0.6 is 0 Å². The molecule has 0 aliphatic heterocycles. The summed E-state index contributed by atoms with van der Waals surface area (Å²) in [6.07, 6.45) is -0.140. The monoisotopic (exact) mass is 351 g/mol. The highest BCUT2D eigenvalue weighted by atomic mass is 16.5. The number of nitrogens with one attached hydrogen (secondary N) is 1. The molecule has 0 saturated heterocycles. The predicted molar refractivity (Wildman–Crippen MR) is 102 cm³/mol. The Morgan fingerprint density at radius 3 is 2.04 bits per heavy atom. The Labute approximate surface area is 154 Å². The lowest BCUT2D eigenvalue weighted by Gasteiger charge is -2.21. The molecule has 4 nitrogen and oxygen atoms in total. The van der Waals surface area contributed by atoms with Crippen LogP contribution in [0.2, 0.25) is 0 Å². The molecule has 0 spiro atoms. The van der Waals surface area contributed by atoms with Crippen LogP contribution in [0.5, 0.6) is 0 Å². The summed E-state index contributed by atoms with van der Waals surface area (Å²) < 4.78 is 5.51. The van der Waals surface area contributed by atoms with Crippen LogP contribution in [0.25, 0.3) is 11.1 Å². The lowest BCUT2D eigenvalue weighted by atomic mass is 9.98. The van der Waals surface area contributed by atoms with Crippen LogP contribution in [-0.2, 0) is 9.53 Å². The summed E-state index contributed by atoms with van der Waals surface area (Å²) in [5.74, 6) is 0.0731. The number of amides is 1. The Hall–Kier alpha value is -2.62. The van der Waals surface area contributed by atoms with Crippen molar-refractivity contribution < 1.29 is 14.3 Å². The van der Waals surface area contributed by atoms with Crippen molar-refractivity contribution in [3.8, 4) is 11.1 Å². The Morgan fingerprint density at radius 1 is 1.00 bits per heavy atom. The highest BCUT2D eigenvalue weighted by molar-refractivity contribution is 5.87. The van der Waals surface area contributed by atoms with Gasteiger partial charge in [0.05, 0.1) is 6.04 Å². The van der Waals surface area contributed by atoms with Crippen LogP contribution in [0.3, 0.4) is 0 Å². The van der Waals surface area contributed by atoms with Gasteiger partial charge in [0.2, 0.25) is 0 Å². The van der Waals surface area contributed by atoms with E-state index in [0.29, 0.717) is 6.42 Å². The fraction of sp³-hybridized carbons (Fsp3) is 0.364. The molecule has 3 rings (SSSR count). The molecule has 1 N–H and O–H groups in total. The number of benzene rings is 2. The van der Waals surface area contributed by atoms with E-state index in [2.05, 4.69) is 29.6 Å². The molecule has 136 valence electrons. The molecule has 0 heterocycles. The molecule has 2 aromatic carbocycles. The van der Waals surface area contributed by atoms with E-state index in [9.17, 15) is 9.59 Å². The number of Topliss-reactive ketones (excluding diaryl/α,β-unsaturated/α-hetero) is 1. The van der Waals surface area contributed by atoms with Crippen LogP contribution in [0, 0.1) is 5.92 Å². The molecular weight excluding hydrogens is 326 g/mol. The summed E-state index contributed by atoms with van der Waals surface area (Å²) in [7, 11) is 0. The molecule has 0 unspecified atom stereocenters. The molecule has 26 heavy (non-hydrogen) atoms. The third kappa shape index (κ3) is 3.50. The number of ketones is 1. The quantitative estimate of drug-likeness (QED) is 0.832. The van der Waals surface area contributed by atoms with Gasteiger partial charge in [-0.1, -0.05) is 69.3 Å². The molecule has 2 aromatic rings. The smallest absolute Gasteiger partial charge is 0.407 e. The second-order valence-corrected chi connectivity index (χ2v) is 7.01. The van der Waals surface area contributed by atoms with Crippen molar-refractivity contribution in [2.24, 2.45) is 5.92 Å². The molecule has 0 saturated carbocycles. The number of fused-ring (bicyclic) bond motifs is 3. The fourth-order valence-electron chi connectivity index (χ4n) is 3.61. The SMILES string of the molecule is CCC(=O)[C@@H](NC(=O)OCC1c2ccccc2-c2ccccc21)C(C)C. The summed E-state index contributed by atoms with van der Waals surface area (Å²) in [6, 6.07) is 15.9. The lowest BCUT2D eigenvalue weighted by Crippen LogP contribution is -2.44. The zero-order valence-corrected chi connectivity index (χ0v) is 15.5. The highest BCUT2D eigenvalue weighted by Crippen LogP contribution is 2.44. The van der Waals surface area contributed by atoms with E-state index in [4.69, 9.17) is 4.74 Å². The van der Waals surface area contributed by atoms with E-state index < -0.39 is 12.1 Å². The van der Waals surface area contributed by atoms with Crippen molar-refractivity contribution in [3.63, 3.8) is 0 Å². The number of hydrogen-bond acceptors (Lipinski definition) is 3. The lowest BCUT2D eigenvalue weighted by molar-refractivity contribution is -0.121.